The molecular formula is C23H22F2N2O6. The lowest BCUT2D eigenvalue weighted by Gasteiger charge is -2.14. The van der Waals surface area contributed by atoms with Crippen LogP contribution >= 0.6 is 0 Å². The molecule has 2 aliphatic carbocycles. The first kappa shape index (κ1) is 22.7. The average Bonchev–Trinajstić information content (AvgIpc) is 3.20. The molecule has 0 saturated heterocycles. The van der Waals surface area contributed by atoms with E-state index in [4.69, 9.17) is 14.9 Å². The van der Waals surface area contributed by atoms with Crippen LogP contribution in [0.5, 0.6) is 0 Å². The maximum atomic E-state index is 14.0. The molecule has 1 fully saturated rings. The first-order valence-corrected chi connectivity index (χ1v) is 10.4. The molecule has 1 saturated carbocycles. The van der Waals surface area contributed by atoms with Crippen molar-refractivity contribution in [2.24, 2.45) is 11.8 Å². The molecule has 2 aromatic carbocycles. The van der Waals surface area contributed by atoms with Crippen molar-refractivity contribution in [3.63, 3.8) is 0 Å². The molecule has 0 aromatic heterocycles. The number of carboxylic acid groups (broad SMARTS) is 1. The summed E-state index contributed by atoms with van der Waals surface area (Å²) in [5.41, 5.74) is 4.12. The molecule has 2 aromatic rings. The van der Waals surface area contributed by atoms with Crippen molar-refractivity contribution in [1.29, 1.82) is 0 Å². The van der Waals surface area contributed by atoms with Crippen molar-refractivity contribution in [2.75, 3.05) is 19.8 Å². The van der Waals surface area contributed by atoms with Crippen molar-refractivity contribution < 1.29 is 38.1 Å². The van der Waals surface area contributed by atoms with Crippen LogP contribution < -0.4 is 10.6 Å². The summed E-state index contributed by atoms with van der Waals surface area (Å²) in [5.74, 6) is -9.61. The monoisotopic (exact) mass is 460 g/mol. The molecule has 4 N–H and O–H groups in total. The first-order valence-electron chi connectivity index (χ1n) is 10.4. The third-order valence-corrected chi connectivity index (χ3v) is 6.09. The molecule has 0 spiro atoms. The smallest absolute Gasteiger partial charge is 0.407 e. The number of alkyl carbamates (subject to hydrolysis) is 1. The van der Waals surface area contributed by atoms with Gasteiger partial charge in [0, 0.05) is 12.5 Å². The van der Waals surface area contributed by atoms with Crippen LogP contribution in [0, 0.1) is 11.8 Å². The van der Waals surface area contributed by atoms with Crippen molar-refractivity contribution in [2.45, 2.75) is 17.9 Å². The summed E-state index contributed by atoms with van der Waals surface area (Å²) in [5, 5.41) is 21.9. The van der Waals surface area contributed by atoms with Gasteiger partial charge >= 0.3 is 12.1 Å². The van der Waals surface area contributed by atoms with Gasteiger partial charge in [-0.3, -0.25) is 4.79 Å². The third kappa shape index (κ3) is 4.25. The number of ether oxygens (including phenoxy) is 1. The topological polar surface area (TPSA) is 125 Å². The molecule has 0 bridgehead atoms. The van der Waals surface area contributed by atoms with Crippen LogP contribution in [0.25, 0.3) is 11.1 Å². The van der Waals surface area contributed by atoms with E-state index in [1.54, 1.807) is 0 Å². The highest BCUT2D eigenvalue weighted by molar-refractivity contribution is 5.88. The quantitative estimate of drug-likeness (QED) is 0.478. The van der Waals surface area contributed by atoms with E-state index in [-0.39, 0.29) is 12.5 Å². The summed E-state index contributed by atoms with van der Waals surface area (Å²) in [6, 6.07) is 13.8. The van der Waals surface area contributed by atoms with Gasteiger partial charge in [-0.15, -0.1) is 0 Å². The maximum Gasteiger partial charge on any atom is 0.407 e. The van der Waals surface area contributed by atoms with Crippen LogP contribution in [0.2, 0.25) is 0 Å². The Bertz CT molecular complexity index is 1050. The van der Waals surface area contributed by atoms with Gasteiger partial charge in [-0.25, -0.2) is 18.4 Å². The molecule has 10 heteroatoms. The Morgan fingerprint density at radius 2 is 1.61 bits per heavy atom. The number of amides is 2. The number of fused-ring (bicyclic) bond motifs is 3. The Labute approximate surface area is 187 Å². The molecular weight excluding hydrogens is 438 g/mol. The highest BCUT2D eigenvalue weighted by Crippen LogP contribution is 2.55. The van der Waals surface area contributed by atoms with Gasteiger partial charge in [0.15, 0.2) is 0 Å². The Morgan fingerprint density at radius 3 is 2.15 bits per heavy atom. The number of benzene rings is 2. The van der Waals surface area contributed by atoms with E-state index < -0.39 is 54.9 Å². The van der Waals surface area contributed by atoms with Gasteiger partial charge < -0.3 is 25.6 Å². The summed E-state index contributed by atoms with van der Waals surface area (Å²) < 4.78 is 33.3. The summed E-state index contributed by atoms with van der Waals surface area (Å²) in [6.45, 7) is -1.43. The van der Waals surface area contributed by atoms with Gasteiger partial charge in [-0.1, -0.05) is 48.5 Å². The van der Waals surface area contributed by atoms with Gasteiger partial charge in [0.1, 0.15) is 18.6 Å². The van der Waals surface area contributed by atoms with Gasteiger partial charge in [-0.05, 0) is 22.3 Å². The normalized spacial score (nSPS) is 20.8. The summed E-state index contributed by atoms with van der Waals surface area (Å²) in [4.78, 5) is 35.0. The molecule has 33 heavy (non-hydrogen) atoms. The minimum atomic E-state index is -3.40. The van der Waals surface area contributed by atoms with Gasteiger partial charge in [0.2, 0.25) is 5.91 Å². The zero-order chi connectivity index (χ0) is 23.8. The highest BCUT2D eigenvalue weighted by Gasteiger charge is 2.71. The lowest BCUT2D eigenvalue weighted by molar-refractivity contribution is -0.143. The minimum Gasteiger partial charge on any atom is -0.480 e. The van der Waals surface area contributed by atoms with Crippen LogP contribution in [0.15, 0.2) is 48.5 Å². The summed E-state index contributed by atoms with van der Waals surface area (Å²) in [7, 11) is 0. The number of rotatable bonds is 8. The standard InChI is InChI=1S/C23H22F2N2O6/c24-23(25)17(19(23)20(29)27-18(10-28)21(30)31)9-26-22(32)33-11-16-14-7-3-1-5-12(14)13-6-2-4-8-15(13)16/h1-8,16-19,28H,9-11H2,(H,26,32)(H,27,29)(H,30,31)/t17-,18-,19-/m0/s1. The maximum absolute atomic E-state index is 14.0. The van der Waals surface area contributed by atoms with E-state index in [1.807, 2.05) is 53.8 Å². The number of alkyl halides is 2. The number of aliphatic hydroxyl groups is 1. The van der Waals surface area contributed by atoms with Gasteiger partial charge in [-0.2, -0.15) is 0 Å². The predicted octanol–water partition coefficient (Wildman–Crippen LogP) is 1.97. The predicted molar refractivity (Wildman–Crippen MR) is 112 cm³/mol. The van der Waals surface area contributed by atoms with Crippen molar-refractivity contribution in [3.8, 4) is 11.1 Å². The Balaban J connectivity index is 1.32. The SMILES string of the molecule is O=C(NC[C@H]1[C@@H](C(=O)N[C@@H](CO)C(=O)O)C1(F)F)OCC1c2ccccc2-c2ccccc21. The number of carbonyl (C=O) groups excluding carboxylic acids is 2. The zero-order valence-electron chi connectivity index (χ0n) is 17.3. The summed E-state index contributed by atoms with van der Waals surface area (Å²) >= 11 is 0. The number of nitrogens with one attached hydrogen (secondary N) is 2. The summed E-state index contributed by atoms with van der Waals surface area (Å²) in [6.07, 6.45) is -0.891. The number of carboxylic acids is 1. The van der Waals surface area contributed by atoms with E-state index in [9.17, 15) is 23.2 Å². The molecule has 0 aliphatic heterocycles. The van der Waals surface area contributed by atoms with Crippen molar-refractivity contribution >= 4 is 18.0 Å². The number of halogens is 2. The molecule has 0 heterocycles. The minimum absolute atomic E-state index is 0.0155. The number of aliphatic carboxylic acids is 1. The van der Waals surface area contributed by atoms with Crippen LogP contribution in [-0.2, 0) is 14.3 Å². The molecule has 8 nitrogen and oxygen atoms in total. The van der Waals surface area contributed by atoms with Crippen molar-refractivity contribution in [1.82, 2.24) is 10.6 Å². The molecule has 2 amide bonds. The average molecular weight is 460 g/mol. The lowest BCUT2D eigenvalue weighted by atomic mass is 9.98. The molecule has 0 unspecified atom stereocenters. The van der Waals surface area contributed by atoms with Crippen LogP contribution in [0.1, 0.15) is 17.0 Å². The number of hydrogen-bond acceptors (Lipinski definition) is 5. The lowest BCUT2D eigenvalue weighted by Crippen LogP contribution is -2.44. The fourth-order valence-corrected chi connectivity index (χ4v) is 4.29. The van der Waals surface area contributed by atoms with E-state index in [1.165, 1.54) is 0 Å². The molecule has 4 rings (SSSR count). The largest absolute Gasteiger partial charge is 0.480 e. The first-order chi connectivity index (χ1) is 15.8. The number of aliphatic hydroxyl groups excluding tert-OH is 1. The number of hydrogen-bond donors (Lipinski definition) is 4. The Kier molecular flexibility index (Phi) is 6.03. The number of carbonyl (C=O) groups is 3. The van der Waals surface area contributed by atoms with E-state index in [0.29, 0.717) is 0 Å². The van der Waals surface area contributed by atoms with Crippen LogP contribution in [0.3, 0.4) is 0 Å². The third-order valence-electron chi connectivity index (χ3n) is 6.09. The second-order valence-electron chi connectivity index (χ2n) is 8.05. The zero-order valence-corrected chi connectivity index (χ0v) is 17.3. The fourth-order valence-electron chi connectivity index (χ4n) is 4.29. The molecule has 174 valence electrons. The van der Waals surface area contributed by atoms with E-state index >= 15 is 0 Å². The second-order valence-corrected chi connectivity index (χ2v) is 8.05. The highest BCUT2D eigenvalue weighted by atomic mass is 19.3. The fraction of sp³-hybridized carbons (Fsp3) is 0.348. The van der Waals surface area contributed by atoms with Crippen LogP contribution in [-0.4, -0.2) is 59.9 Å². The Hall–Kier alpha value is -3.53. The molecule has 2 aliphatic rings. The molecule has 3 atom stereocenters. The van der Waals surface area contributed by atoms with E-state index in [2.05, 4.69) is 5.32 Å². The van der Waals surface area contributed by atoms with Crippen LogP contribution in [0.4, 0.5) is 13.6 Å². The Morgan fingerprint density at radius 1 is 1.03 bits per heavy atom. The van der Waals surface area contributed by atoms with E-state index in [0.717, 1.165) is 22.3 Å². The van der Waals surface area contributed by atoms with Crippen molar-refractivity contribution in [3.05, 3.63) is 59.7 Å². The van der Waals surface area contributed by atoms with Gasteiger partial charge in [0.05, 0.1) is 12.5 Å². The second kappa shape index (κ2) is 8.78. The van der Waals surface area contributed by atoms with Gasteiger partial charge in [0.25, 0.3) is 5.92 Å². The molecule has 0 radical (unpaired) electrons.